The normalized spacial score (nSPS) is 15.6. The van der Waals surface area contributed by atoms with Gasteiger partial charge < -0.3 is 15.0 Å². The van der Waals surface area contributed by atoms with Crippen molar-refractivity contribution in [2.24, 2.45) is 5.92 Å². The number of nitrogens with one attached hydrogen (secondary N) is 1. The standard InChI is InChI=1S/C19H30N2O3S/c1-4-24-12-5-9-20-18(22)15-6-10-21(11-7-15)19(23)17-16(14(2)3)8-13-25-17/h8,13-15H,4-7,9-12H2,1-3H3,(H,20,22). The fourth-order valence-electron chi connectivity index (χ4n) is 3.11. The minimum absolute atomic E-state index is 0.0176. The molecule has 0 atom stereocenters. The Kier molecular flexibility index (Phi) is 7.90. The predicted molar refractivity (Wildman–Crippen MR) is 101 cm³/mol. The number of hydrogen-bond acceptors (Lipinski definition) is 4. The summed E-state index contributed by atoms with van der Waals surface area (Å²) in [6, 6.07) is 2.05. The van der Waals surface area contributed by atoms with Crippen molar-refractivity contribution < 1.29 is 14.3 Å². The monoisotopic (exact) mass is 366 g/mol. The molecule has 0 unspecified atom stereocenters. The van der Waals surface area contributed by atoms with Crippen molar-refractivity contribution >= 4 is 23.2 Å². The molecule has 5 nitrogen and oxygen atoms in total. The fourth-order valence-corrected chi connectivity index (χ4v) is 4.13. The van der Waals surface area contributed by atoms with Gasteiger partial charge in [0.2, 0.25) is 5.91 Å². The van der Waals surface area contributed by atoms with E-state index in [1.807, 2.05) is 23.3 Å². The molecule has 1 fully saturated rings. The summed E-state index contributed by atoms with van der Waals surface area (Å²) in [7, 11) is 0. The molecule has 1 N–H and O–H groups in total. The highest BCUT2D eigenvalue weighted by atomic mass is 32.1. The zero-order valence-corrected chi connectivity index (χ0v) is 16.4. The summed E-state index contributed by atoms with van der Waals surface area (Å²) in [6.45, 7) is 9.56. The summed E-state index contributed by atoms with van der Waals surface area (Å²) >= 11 is 1.52. The van der Waals surface area contributed by atoms with Crippen molar-refractivity contribution in [1.29, 1.82) is 0 Å². The first-order chi connectivity index (χ1) is 12.0. The quantitative estimate of drug-likeness (QED) is 0.719. The lowest BCUT2D eigenvalue weighted by molar-refractivity contribution is -0.126. The second kappa shape index (κ2) is 9.92. The Morgan fingerprint density at radius 2 is 2.08 bits per heavy atom. The molecule has 2 amide bonds. The fraction of sp³-hybridized carbons (Fsp3) is 0.684. The third-order valence-corrected chi connectivity index (χ3v) is 5.55. The van der Waals surface area contributed by atoms with E-state index in [1.165, 1.54) is 11.3 Å². The van der Waals surface area contributed by atoms with E-state index in [0.717, 1.165) is 29.7 Å². The number of piperidine rings is 1. The van der Waals surface area contributed by atoms with Gasteiger partial charge in [0.05, 0.1) is 4.88 Å². The van der Waals surface area contributed by atoms with Gasteiger partial charge in [-0.1, -0.05) is 13.8 Å². The van der Waals surface area contributed by atoms with Crippen LogP contribution in [0.15, 0.2) is 11.4 Å². The minimum atomic E-state index is 0.0176. The number of carbonyl (C=O) groups is 2. The van der Waals surface area contributed by atoms with Crippen LogP contribution in [0.1, 0.15) is 61.2 Å². The number of nitrogens with zero attached hydrogens (tertiary/aromatic N) is 1. The van der Waals surface area contributed by atoms with Crippen molar-refractivity contribution in [3.05, 3.63) is 21.9 Å². The first kappa shape index (κ1) is 19.9. The van der Waals surface area contributed by atoms with E-state index in [-0.39, 0.29) is 17.7 Å². The maximum atomic E-state index is 12.8. The Bertz CT molecular complexity index is 563. The maximum Gasteiger partial charge on any atom is 0.264 e. The van der Waals surface area contributed by atoms with Crippen LogP contribution in [0.4, 0.5) is 0 Å². The van der Waals surface area contributed by atoms with Crippen LogP contribution in [-0.4, -0.2) is 49.6 Å². The third kappa shape index (κ3) is 5.54. The van der Waals surface area contributed by atoms with Gasteiger partial charge in [0.25, 0.3) is 5.91 Å². The van der Waals surface area contributed by atoms with Crippen molar-refractivity contribution in [2.45, 2.75) is 46.0 Å². The Hall–Kier alpha value is -1.40. The topological polar surface area (TPSA) is 58.6 Å². The predicted octanol–water partition coefficient (Wildman–Crippen LogP) is 3.27. The third-order valence-electron chi connectivity index (χ3n) is 4.63. The minimum Gasteiger partial charge on any atom is -0.382 e. The molecule has 1 aliphatic heterocycles. The molecule has 1 saturated heterocycles. The molecule has 1 aromatic rings. The van der Waals surface area contributed by atoms with Gasteiger partial charge >= 0.3 is 0 Å². The number of rotatable bonds is 8. The smallest absolute Gasteiger partial charge is 0.264 e. The number of hydrogen-bond donors (Lipinski definition) is 1. The van der Waals surface area contributed by atoms with Gasteiger partial charge in [-0.05, 0) is 49.1 Å². The number of ether oxygens (including phenoxy) is 1. The number of amides is 2. The van der Waals surface area contributed by atoms with E-state index in [9.17, 15) is 9.59 Å². The van der Waals surface area contributed by atoms with Gasteiger partial charge in [0.15, 0.2) is 0 Å². The van der Waals surface area contributed by atoms with Crippen molar-refractivity contribution in [3.63, 3.8) is 0 Å². The molecule has 6 heteroatoms. The van der Waals surface area contributed by atoms with Gasteiger partial charge in [-0.3, -0.25) is 9.59 Å². The Morgan fingerprint density at radius 3 is 2.72 bits per heavy atom. The number of carbonyl (C=O) groups excluding carboxylic acids is 2. The molecule has 1 aromatic heterocycles. The highest BCUT2D eigenvalue weighted by Crippen LogP contribution is 2.27. The molecule has 2 rings (SSSR count). The lowest BCUT2D eigenvalue weighted by atomic mass is 9.95. The molecule has 0 radical (unpaired) electrons. The number of likely N-dealkylation sites (tertiary alicyclic amines) is 1. The number of thiophene rings is 1. The van der Waals surface area contributed by atoms with E-state index in [4.69, 9.17) is 4.74 Å². The van der Waals surface area contributed by atoms with Crippen LogP contribution in [0.5, 0.6) is 0 Å². The molecule has 0 saturated carbocycles. The van der Waals surface area contributed by atoms with Crippen molar-refractivity contribution in [2.75, 3.05) is 32.8 Å². The lowest BCUT2D eigenvalue weighted by Crippen LogP contribution is -2.43. The van der Waals surface area contributed by atoms with Gasteiger partial charge in [0.1, 0.15) is 0 Å². The second-order valence-electron chi connectivity index (χ2n) is 6.77. The first-order valence-corrected chi connectivity index (χ1v) is 10.1. The second-order valence-corrected chi connectivity index (χ2v) is 7.68. The zero-order chi connectivity index (χ0) is 18.2. The summed E-state index contributed by atoms with van der Waals surface area (Å²) < 4.78 is 5.27. The Morgan fingerprint density at radius 1 is 1.36 bits per heavy atom. The summed E-state index contributed by atoms with van der Waals surface area (Å²) in [4.78, 5) is 27.7. The molecule has 0 aromatic carbocycles. The Labute approximate surface area is 154 Å². The summed E-state index contributed by atoms with van der Waals surface area (Å²) in [6.07, 6.45) is 2.32. The molecule has 1 aliphatic rings. The van der Waals surface area contributed by atoms with Gasteiger partial charge in [-0.2, -0.15) is 0 Å². The van der Waals surface area contributed by atoms with E-state index in [0.29, 0.717) is 38.8 Å². The highest BCUT2D eigenvalue weighted by Gasteiger charge is 2.29. The van der Waals surface area contributed by atoms with Crippen molar-refractivity contribution in [3.8, 4) is 0 Å². The molecular weight excluding hydrogens is 336 g/mol. The largest absolute Gasteiger partial charge is 0.382 e. The molecule has 2 heterocycles. The molecule has 0 spiro atoms. The van der Waals surface area contributed by atoms with Crippen LogP contribution in [0.2, 0.25) is 0 Å². The molecule has 0 aliphatic carbocycles. The van der Waals surface area contributed by atoms with Crippen LogP contribution in [0.3, 0.4) is 0 Å². The van der Waals surface area contributed by atoms with E-state index in [1.54, 1.807) is 0 Å². The summed E-state index contributed by atoms with van der Waals surface area (Å²) in [5.74, 6) is 0.603. The van der Waals surface area contributed by atoms with Gasteiger partial charge in [0, 0.05) is 38.8 Å². The average molecular weight is 367 g/mol. The lowest BCUT2D eigenvalue weighted by Gasteiger charge is -2.31. The maximum absolute atomic E-state index is 12.8. The van der Waals surface area contributed by atoms with E-state index in [2.05, 4.69) is 19.2 Å². The molecule has 25 heavy (non-hydrogen) atoms. The van der Waals surface area contributed by atoms with E-state index < -0.39 is 0 Å². The van der Waals surface area contributed by atoms with Crippen molar-refractivity contribution in [1.82, 2.24) is 10.2 Å². The first-order valence-electron chi connectivity index (χ1n) is 9.26. The van der Waals surface area contributed by atoms with Crippen LogP contribution in [-0.2, 0) is 9.53 Å². The molecule has 140 valence electrons. The van der Waals surface area contributed by atoms with E-state index >= 15 is 0 Å². The summed E-state index contributed by atoms with van der Waals surface area (Å²) in [5.41, 5.74) is 1.13. The Balaban J connectivity index is 1.78. The molecular formula is C19H30N2O3S. The van der Waals surface area contributed by atoms with Crippen LogP contribution >= 0.6 is 11.3 Å². The highest BCUT2D eigenvalue weighted by molar-refractivity contribution is 7.12. The van der Waals surface area contributed by atoms with Gasteiger partial charge in [-0.25, -0.2) is 0 Å². The van der Waals surface area contributed by atoms with Crippen LogP contribution in [0, 0.1) is 5.92 Å². The SMILES string of the molecule is CCOCCCNC(=O)C1CCN(C(=O)c2sccc2C(C)C)CC1. The van der Waals surface area contributed by atoms with Crippen LogP contribution < -0.4 is 5.32 Å². The van der Waals surface area contributed by atoms with Crippen LogP contribution in [0.25, 0.3) is 0 Å². The molecule has 0 bridgehead atoms. The summed E-state index contributed by atoms with van der Waals surface area (Å²) in [5, 5.41) is 4.98. The average Bonchev–Trinajstić information content (AvgIpc) is 3.11. The van der Waals surface area contributed by atoms with Gasteiger partial charge in [-0.15, -0.1) is 11.3 Å². The zero-order valence-electron chi connectivity index (χ0n) is 15.5.